The molecule has 0 aliphatic carbocycles. The predicted octanol–water partition coefficient (Wildman–Crippen LogP) is 17.2. The van der Waals surface area contributed by atoms with Gasteiger partial charge in [-0.2, -0.15) is 9.97 Å². The van der Waals surface area contributed by atoms with Gasteiger partial charge in [-0.3, -0.25) is 4.57 Å². The maximum Gasteiger partial charge on any atom is 0.238 e. The molecule has 0 N–H and O–H groups in total. The molecule has 0 saturated heterocycles. The monoisotopic (exact) mass is 917 g/mol. The fourth-order valence-corrected chi connectivity index (χ4v) is 10.8. The highest BCUT2D eigenvalue weighted by Crippen LogP contribution is 2.41. The molecule has 72 heavy (non-hydrogen) atoms. The van der Waals surface area contributed by atoms with Gasteiger partial charge in [0.15, 0.2) is 11.6 Å². The molecule has 3 heterocycles. The molecule has 0 aliphatic rings. The lowest BCUT2D eigenvalue weighted by Gasteiger charge is -2.17. The molecule has 5 heteroatoms. The molecule has 0 radical (unpaired) electrons. The highest BCUT2D eigenvalue weighted by Gasteiger charge is 2.22. The third kappa shape index (κ3) is 6.98. The lowest BCUT2D eigenvalue weighted by molar-refractivity contribution is 0.954. The third-order valence-corrected chi connectivity index (χ3v) is 14.2. The minimum atomic E-state index is 0.562. The number of fused-ring (bicyclic) bond motifs is 7. The first-order valence-electron chi connectivity index (χ1n) is 24.4. The van der Waals surface area contributed by atoms with E-state index in [0.29, 0.717) is 17.6 Å². The summed E-state index contributed by atoms with van der Waals surface area (Å²) in [6.45, 7) is 0. The van der Waals surface area contributed by atoms with Crippen LogP contribution in [0.3, 0.4) is 0 Å². The van der Waals surface area contributed by atoms with E-state index in [2.05, 4.69) is 252 Å². The topological polar surface area (TPSA) is 48.5 Å². The number of benzene rings is 11. The van der Waals surface area contributed by atoms with Gasteiger partial charge >= 0.3 is 0 Å². The molecule has 0 amide bonds. The maximum atomic E-state index is 5.40. The summed E-state index contributed by atoms with van der Waals surface area (Å²) in [5.74, 6) is 1.77. The lowest BCUT2D eigenvalue weighted by Crippen LogP contribution is -2.07. The van der Waals surface area contributed by atoms with Crippen LogP contribution in [0.5, 0.6) is 0 Å². The Bertz CT molecular complexity index is 4330. The minimum absolute atomic E-state index is 0.562. The van der Waals surface area contributed by atoms with Crippen LogP contribution in [0.4, 0.5) is 0 Å². The summed E-state index contributed by atoms with van der Waals surface area (Å²) in [4.78, 5) is 15.9. The molecule has 14 rings (SSSR count). The van der Waals surface area contributed by atoms with E-state index < -0.39 is 0 Å². The molecular weight excluding hydrogens is 875 g/mol. The Labute approximate surface area is 416 Å². The van der Waals surface area contributed by atoms with Crippen molar-refractivity contribution in [3.05, 3.63) is 261 Å². The molecule has 14 aromatic rings. The van der Waals surface area contributed by atoms with E-state index >= 15 is 0 Å². The van der Waals surface area contributed by atoms with Gasteiger partial charge in [0.1, 0.15) is 0 Å². The quantitative estimate of drug-likeness (QED) is 0.153. The van der Waals surface area contributed by atoms with E-state index in [1.807, 2.05) is 18.2 Å². The molecule has 0 fully saturated rings. The van der Waals surface area contributed by atoms with Gasteiger partial charge in [0, 0.05) is 43.8 Å². The molecule has 0 spiro atoms. The largest absolute Gasteiger partial charge is 0.309 e. The Morgan fingerprint density at radius 2 is 0.722 bits per heavy atom. The maximum absolute atomic E-state index is 5.40. The standard InChI is InChI=1S/C67H43N5/c1-4-18-44(19-5-1)48-24-16-25-49(40-48)50-38-39-54(63(43-50)71-60-31-13-10-26-56(60)57-27-11-14-32-61(57)71)51-36-34-45-35-37-52(42-53(45)41-51)66-68-65(47-22-8-3-9-23-47)69-67(70-66)72-62-33-15-12-28-58(62)59-30-17-29-55(64(59)72)46-20-6-2-7-21-46/h1-43H. The summed E-state index contributed by atoms with van der Waals surface area (Å²) in [5, 5.41) is 6.94. The van der Waals surface area contributed by atoms with Crippen molar-refractivity contribution in [1.29, 1.82) is 0 Å². The highest BCUT2D eigenvalue weighted by molar-refractivity contribution is 6.14. The van der Waals surface area contributed by atoms with Gasteiger partial charge in [-0.1, -0.05) is 218 Å². The number of hydrogen-bond acceptors (Lipinski definition) is 3. The van der Waals surface area contributed by atoms with E-state index in [0.717, 1.165) is 93.8 Å². The van der Waals surface area contributed by atoms with E-state index in [-0.39, 0.29) is 0 Å². The van der Waals surface area contributed by atoms with Crippen LogP contribution in [0.15, 0.2) is 261 Å². The van der Waals surface area contributed by atoms with Crippen molar-refractivity contribution in [2.75, 3.05) is 0 Å². The first-order valence-corrected chi connectivity index (χ1v) is 24.4. The van der Waals surface area contributed by atoms with E-state index in [9.17, 15) is 0 Å². The van der Waals surface area contributed by atoms with Gasteiger partial charge in [-0.25, -0.2) is 4.98 Å². The molecule has 5 nitrogen and oxygen atoms in total. The predicted molar refractivity (Wildman–Crippen MR) is 299 cm³/mol. The van der Waals surface area contributed by atoms with Crippen molar-refractivity contribution >= 4 is 54.4 Å². The Morgan fingerprint density at radius 1 is 0.250 bits per heavy atom. The van der Waals surface area contributed by atoms with Gasteiger partial charge in [-0.05, 0) is 86.6 Å². The number of para-hydroxylation sites is 4. The number of nitrogens with zero attached hydrogens (tertiary/aromatic N) is 5. The van der Waals surface area contributed by atoms with Crippen molar-refractivity contribution in [2.45, 2.75) is 0 Å². The van der Waals surface area contributed by atoms with Crippen LogP contribution in [0.2, 0.25) is 0 Å². The Hall–Kier alpha value is -9.71. The zero-order chi connectivity index (χ0) is 47.5. The first kappa shape index (κ1) is 41.3. The summed E-state index contributed by atoms with van der Waals surface area (Å²) < 4.78 is 4.67. The van der Waals surface area contributed by atoms with E-state index in [1.165, 1.54) is 21.9 Å². The average molecular weight is 918 g/mol. The molecular formula is C67H43N5. The van der Waals surface area contributed by atoms with E-state index in [4.69, 9.17) is 15.0 Å². The lowest BCUT2D eigenvalue weighted by atomic mass is 9.94. The third-order valence-electron chi connectivity index (χ3n) is 14.2. The molecule has 11 aromatic carbocycles. The van der Waals surface area contributed by atoms with Gasteiger partial charge < -0.3 is 4.57 Å². The Balaban J connectivity index is 0.957. The zero-order valence-electron chi connectivity index (χ0n) is 39.1. The highest BCUT2D eigenvalue weighted by atomic mass is 15.2. The normalized spacial score (nSPS) is 11.6. The average Bonchev–Trinajstić information content (AvgIpc) is 3.98. The van der Waals surface area contributed by atoms with Crippen LogP contribution in [0.1, 0.15) is 0 Å². The smallest absolute Gasteiger partial charge is 0.238 e. The van der Waals surface area contributed by atoms with Gasteiger partial charge in [0.2, 0.25) is 5.95 Å². The Morgan fingerprint density at radius 3 is 1.40 bits per heavy atom. The van der Waals surface area contributed by atoms with Crippen LogP contribution >= 0.6 is 0 Å². The van der Waals surface area contributed by atoms with Crippen molar-refractivity contribution in [1.82, 2.24) is 24.1 Å². The molecule has 0 saturated carbocycles. The van der Waals surface area contributed by atoms with Crippen molar-refractivity contribution < 1.29 is 0 Å². The molecule has 3 aromatic heterocycles. The number of hydrogen-bond donors (Lipinski definition) is 0. The first-order chi connectivity index (χ1) is 35.7. The summed E-state index contributed by atoms with van der Waals surface area (Å²) in [5.41, 5.74) is 16.5. The minimum Gasteiger partial charge on any atom is -0.309 e. The molecule has 0 bridgehead atoms. The SMILES string of the molecule is c1ccc(-c2cccc(-c3ccc(-c4ccc5ccc(-c6nc(-c7ccccc7)nc(-n7c8ccccc8c8cccc(-c9ccccc9)c87)n6)cc5c4)c(-n4c5ccccc5c5ccccc54)c3)c2)cc1. The number of aromatic nitrogens is 5. The second-order valence-corrected chi connectivity index (χ2v) is 18.4. The van der Waals surface area contributed by atoms with Crippen LogP contribution in [-0.4, -0.2) is 24.1 Å². The summed E-state index contributed by atoms with van der Waals surface area (Å²) in [6, 6.07) is 93.2. The summed E-state index contributed by atoms with van der Waals surface area (Å²) >= 11 is 0. The van der Waals surface area contributed by atoms with Crippen molar-refractivity contribution in [3.63, 3.8) is 0 Å². The molecule has 336 valence electrons. The fraction of sp³-hybridized carbons (Fsp3) is 0. The summed E-state index contributed by atoms with van der Waals surface area (Å²) in [7, 11) is 0. The van der Waals surface area contributed by atoms with Gasteiger partial charge in [0.05, 0.1) is 27.8 Å². The Kier molecular flexibility index (Phi) is 9.78. The molecule has 0 aliphatic heterocycles. The molecule has 0 unspecified atom stereocenters. The second-order valence-electron chi connectivity index (χ2n) is 18.4. The zero-order valence-corrected chi connectivity index (χ0v) is 39.1. The fourth-order valence-electron chi connectivity index (χ4n) is 10.8. The van der Waals surface area contributed by atoms with Gasteiger partial charge in [-0.15, -0.1) is 0 Å². The summed E-state index contributed by atoms with van der Waals surface area (Å²) in [6.07, 6.45) is 0. The second kappa shape index (κ2) is 17.1. The van der Waals surface area contributed by atoms with Crippen molar-refractivity contribution in [3.8, 4) is 78.9 Å². The van der Waals surface area contributed by atoms with Gasteiger partial charge in [0.25, 0.3) is 0 Å². The number of rotatable bonds is 8. The van der Waals surface area contributed by atoms with Crippen LogP contribution in [0.25, 0.3) is 133 Å². The molecule has 0 atom stereocenters. The van der Waals surface area contributed by atoms with Crippen molar-refractivity contribution in [2.24, 2.45) is 0 Å². The van der Waals surface area contributed by atoms with Crippen LogP contribution in [0, 0.1) is 0 Å². The van der Waals surface area contributed by atoms with Crippen LogP contribution in [-0.2, 0) is 0 Å². The van der Waals surface area contributed by atoms with Crippen LogP contribution < -0.4 is 0 Å². The van der Waals surface area contributed by atoms with E-state index in [1.54, 1.807) is 0 Å².